The van der Waals surface area contributed by atoms with Gasteiger partial charge in [0.05, 0.1) is 17.3 Å². The molecule has 6 nitrogen and oxygen atoms in total. The van der Waals surface area contributed by atoms with Crippen LogP contribution < -0.4 is 5.32 Å². The lowest BCUT2D eigenvalue weighted by Crippen LogP contribution is -2.23. The van der Waals surface area contributed by atoms with E-state index in [1.165, 1.54) is 12.1 Å². The lowest BCUT2D eigenvalue weighted by Gasteiger charge is -2.11. The Hall–Kier alpha value is -2.18. The maximum atomic E-state index is 10.5. The average Bonchev–Trinajstić information content (AvgIpc) is 2.96. The zero-order valence-electron chi connectivity index (χ0n) is 10.9. The van der Waals surface area contributed by atoms with Gasteiger partial charge in [-0.3, -0.25) is 10.1 Å². The van der Waals surface area contributed by atoms with E-state index in [9.17, 15) is 15.2 Å². The van der Waals surface area contributed by atoms with Crippen LogP contribution in [0.3, 0.4) is 0 Å². The Morgan fingerprint density at radius 3 is 2.65 bits per heavy atom. The first-order valence-corrected chi connectivity index (χ1v) is 6.32. The van der Waals surface area contributed by atoms with Crippen LogP contribution in [0.2, 0.25) is 0 Å². The van der Waals surface area contributed by atoms with Crippen LogP contribution in [0, 0.1) is 10.1 Å². The molecule has 0 spiro atoms. The fourth-order valence-corrected chi connectivity index (χ4v) is 1.84. The molecule has 1 aromatic heterocycles. The first-order valence-electron chi connectivity index (χ1n) is 6.32. The Morgan fingerprint density at radius 2 is 2.05 bits per heavy atom. The second kappa shape index (κ2) is 6.83. The van der Waals surface area contributed by atoms with Crippen molar-refractivity contribution in [2.24, 2.45) is 0 Å². The molecule has 0 fully saturated rings. The standard InChI is InChI=1S/C14H16N2O4/c17-14(10-15-8-7-13-2-1-9-20-13)11-3-5-12(6-4-11)16(18)19/h1-6,9,14-15,17H,7-8,10H2. The van der Waals surface area contributed by atoms with Crippen LogP contribution in [-0.2, 0) is 6.42 Å². The van der Waals surface area contributed by atoms with E-state index in [0.29, 0.717) is 18.7 Å². The summed E-state index contributed by atoms with van der Waals surface area (Å²) in [6, 6.07) is 9.65. The number of rotatable bonds is 7. The molecule has 20 heavy (non-hydrogen) atoms. The van der Waals surface area contributed by atoms with Crippen molar-refractivity contribution in [1.29, 1.82) is 0 Å². The molecule has 1 aromatic carbocycles. The average molecular weight is 276 g/mol. The van der Waals surface area contributed by atoms with E-state index in [4.69, 9.17) is 4.42 Å². The van der Waals surface area contributed by atoms with Crippen LogP contribution >= 0.6 is 0 Å². The van der Waals surface area contributed by atoms with Crippen LogP contribution in [-0.4, -0.2) is 23.1 Å². The molecule has 0 saturated carbocycles. The van der Waals surface area contributed by atoms with Gasteiger partial charge in [0, 0.05) is 31.6 Å². The number of aliphatic hydroxyl groups excluding tert-OH is 1. The van der Waals surface area contributed by atoms with Gasteiger partial charge in [-0.15, -0.1) is 0 Å². The van der Waals surface area contributed by atoms with Crippen molar-refractivity contribution in [1.82, 2.24) is 5.32 Å². The van der Waals surface area contributed by atoms with Gasteiger partial charge in [-0.1, -0.05) is 0 Å². The summed E-state index contributed by atoms with van der Waals surface area (Å²) < 4.78 is 5.19. The van der Waals surface area contributed by atoms with Crippen LogP contribution in [0.5, 0.6) is 0 Å². The highest BCUT2D eigenvalue weighted by Gasteiger charge is 2.10. The molecule has 0 radical (unpaired) electrons. The number of benzene rings is 1. The third-order valence-electron chi connectivity index (χ3n) is 2.95. The number of aliphatic hydroxyl groups is 1. The summed E-state index contributed by atoms with van der Waals surface area (Å²) in [5.74, 6) is 0.891. The maximum absolute atomic E-state index is 10.5. The molecule has 2 rings (SSSR count). The molecular weight excluding hydrogens is 260 g/mol. The predicted molar refractivity (Wildman–Crippen MR) is 73.3 cm³/mol. The molecule has 1 heterocycles. The Morgan fingerprint density at radius 1 is 1.30 bits per heavy atom. The number of non-ortho nitro benzene ring substituents is 1. The summed E-state index contributed by atoms with van der Waals surface area (Å²) in [5, 5.41) is 23.6. The Bertz CT molecular complexity index is 537. The Balaban J connectivity index is 1.76. The van der Waals surface area contributed by atoms with Crippen molar-refractivity contribution in [3.05, 3.63) is 64.1 Å². The van der Waals surface area contributed by atoms with Gasteiger partial charge < -0.3 is 14.8 Å². The van der Waals surface area contributed by atoms with Gasteiger partial charge in [0.1, 0.15) is 5.76 Å². The summed E-state index contributed by atoms with van der Waals surface area (Å²) >= 11 is 0. The molecule has 6 heteroatoms. The Kier molecular flexibility index (Phi) is 4.86. The minimum Gasteiger partial charge on any atom is -0.469 e. The number of nitro benzene ring substituents is 1. The number of nitrogens with one attached hydrogen (secondary N) is 1. The third kappa shape index (κ3) is 3.91. The second-order valence-corrected chi connectivity index (χ2v) is 4.40. The minimum atomic E-state index is -0.688. The van der Waals surface area contributed by atoms with Gasteiger partial charge in [-0.25, -0.2) is 0 Å². The number of nitro groups is 1. The molecular formula is C14H16N2O4. The zero-order chi connectivity index (χ0) is 14.4. The summed E-state index contributed by atoms with van der Waals surface area (Å²) in [6.45, 7) is 1.08. The first-order chi connectivity index (χ1) is 9.66. The third-order valence-corrected chi connectivity index (χ3v) is 2.95. The summed E-state index contributed by atoms with van der Waals surface area (Å²) in [7, 11) is 0. The Labute approximate surface area is 116 Å². The van der Waals surface area contributed by atoms with E-state index in [1.54, 1.807) is 18.4 Å². The number of hydrogen-bond donors (Lipinski definition) is 2. The fraction of sp³-hybridized carbons (Fsp3) is 0.286. The lowest BCUT2D eigenvalue weighted by molar-refractivity contribution is -0.384. The second-order valence-electron chi connectivity index (χ2n) is 4.40. The van der Waals surface area contributed by atoms with Gasteiger partial charge in [0.2, 0.25) is 0 Å². The van der Waals surface area contributed by atoms with Crippen LogP contribution in [0.15, 0.2) is 47.1 Å². The molecule has 1 unspecified atom stereocenters. The van der Waals surface area contributed by atoms with Crippen LogP contribution in [0.25, 0.3) is 0 Å². The summed E-state index contributed by atoms with van der Waals surface area (Å²) in [6.07, 6.45) is 1.69. The highest BCUT2D eigenvalue weighted by Crippen LogP contribution is 2.17. The molecule has 2 aromatic rings. The maximum Gasteiger partial charge on any atom is 0.269 e. The van der Waals surface area contributed by atoms with Gasteiger partial charge in [-0.2, -0.15) is 0 Å². The normalized spacial score (nSPS) is 12.2. The van der Waals surface area contributed by atoms with Crippen molar-refractivity contribution < 1.29 is 14.4 Å². The number of furan rings is 1. The molecule has 0 aliphatic carbocycles. The highest BCUT2D eigenvalue weighted by atomic mass is 16.6. The van der Waals surface area contributed by atoms with Gasteiger partial charge in [0.25, 0.3) is 5.69 Å². The van der Waals surface area contributed by atoms with Crippen molar-refractivity contribution in [2.45, 2.75) is 12.5 Å². The smallest absolute Gasteiger partial charge is 0.269 e. The van der Waals surface area contributed by atoms with E-state index in [-0.39, 0.29) is 5.69 Å². The topological polar surface area (TPSA) is 88.5 Å². The van der Waals surface area contributed by atoms with Crippen molar-refractivity contribution >= 4 is 5.69 Å². The predicted octanol–water partition coefficient (Wildman–Crippen LogP) is 2.05. The van der Waals surface area contributed by atoms with E-state index in [1.807, 2.05) is 12.1 Å². The lowest BCUT2D eigenvalue weighted by atomic mass is 10.1. The molecule has 106 valence electrons. The van der Waals surface area contributed by atoms with Crippen molar-refractivity contribution in [3.63, 3.8) is 0 Å². The van der Waals surface area contributed by atoms with Gasteiger partial charge in [-0.05, 0) is 29.8 Å². The largest absolute Gasteiger partial charge is 0.469 e. The van der Waals surface area contributed by atoms with Crippen molar-refractivity contribution in [3.8, 4) is 0 Å². The minimum absolute atomic E-state index is 0.0201. The quantitative estimate of drug-likeness (QED) is 0.459. The summed E-state index contributed by atoms with van der Waals surface area (Å²) in [5.41, 5.74) is 0.674. The molecule has 2 N–H and O–H groups in total. The fourth-order valence-electron chi connectivity index (χ4n) is 1.84. The van der Waals surface area contributed by atoms with Crippen molar-refractivity contribution in [2.75, 3.05) is 13.1 Å². The van der Waals surface area contributed by atoms with E-state index < -0.39 is 11.0 Å². The van der Waals surface area contributed by atoms with Crippen LogP contribution in [0.1, 0.15) is 17.4 Å². The number of nitrogens with zero attached hydrogens (tertiary/aromatic N) is 1. The molecule has 0 aliphatic heterocycles. The molecule has 0 saturated heterocycles. The van der Waals surface area contributed by atoms with E-state index in [0.717, 1.165) is 12.2 Å². The molecule has 0 bridgehead atoms. The zero-order valence-corrected chi connectivity index (χ0v) is 10.9. The summed E-state index contributed by atoms with van der Waals surface area (Å²) in [4.78, 5) is 10.1. The van der Waals surface area contributed by atoms with E-state index in [2.05, 4.69) is 5.32 Å². The SMILES string of the molecule is O=[N+]([O-])c1ccc(C(O)CNCCc2ccco2)cc1. The molecule has 1 atom stereocenters. The van der Waals surface area contributed by atoms with E-state index >= 15 is 0 Å². The van der Waals surface area contributed by atoms with Crippen LogP contribution in [0.4, 0.5) is 5.69 Å². The van der Waals surface area contributed by atoms with Gasteiger partial charge >= 0.3 is 0 Å². The first kappa shape index (κ1) is 14.2. The monoisotopic (exact) mass is 276 g/mol. The highest BCUT2D eigenvalue weighted by molar-refractivity contribution is 5.33. The molecule has 0 aliphatic rings. The van der Waals surface area contributed by atoms with Gasteiger partial charge in [0.15, 0.2) is 0 Å². The number of hydrogen-bond acceptors (Lipinski definition) is 5. The molecule has 0 amide bonds.